The summed E-state index contributed by atoms with van der Waals surface area (Å²) >= 11 is 0. The largest absolute Gasteiger partial charge is 0.497 e. The maximum absolute atomic E-state index is 12.2. The van der Waals surface area contributed by atoms with Crippen LogP contribution in [0.5, 0.6) is 11.5 Å². The number of aliphatic hydroxyl groups is 1. The molecular formula is C26H36O5. The van der Waals surface area contributed by atoms with E-state index in [1.807, 2.05) is 24.3 Å². The van der Waals surface area contributed by atoms with Gasteiger partial charge in [-0.05, 0) is 85.8 Å². The lowest BCUT2D eigenvalue weighted by molar-refractivity contribution is -0.0684. The van der Waals surface area contributed by atoms with E-state index in [0.717, 1.165) is 55.6 Å². The van der Waals surface area contributed by atoms with Gasteiger partial charge in [0.1, 0.15) is 18.3 Å². The Kier molecular flexibility index (Phi) is 6.21. The molecule has 1 aromatic rings. The second-order valence-corrected chi connectivity index (χ2v) is 9.78. The van der Waals surface area contributed by atoms with Crippen LogP contribution in [0.3, 0.4) is 0 Å². The molecule has 5 nitrogen and oxygen atoms in total. The summed E-state index contributed by atoms with van der Waals surface area (Å²) < 4.78 is 22.1. The van der Waals surface area contributed by atoms with Crippen molar-refractivity contribution in [3.05, 3.63) is 48.3 Å². The van der Waals surface area contributed by atoms with Gasteiger partial charge in [-0.15, -0.1) is 0 Å². The zero-order valence-electron chi connectivity index (χ0n) is 19.2. The van der Waals surface area contributed by atoms with E-state index in [0.29, 0.717) is 5.92 Å². The molecule has 4 atom stereocenters. The van der Waals surface area contributed by atoms with E-state index in [9.17, 15) is 5.11 Å². The molecule has 3 aliphatic rings. The van der Waals surface area contributed by atoms with Gasteiger partial charge < -0.3 is 24.1 Å². The molecule has 2 bridgehead atoms. The lowest BCUT2D eigenvalue weighted by Gasteiger charge is -2.48. The molecule has 0 saturated heterocycles. The molecule has 31 heavy (non-hydrogen) atoms. The Labute approximate surface area is 186 Å². The monoisotopic (exact) mass is 428 g/mol. The number of methoxy groups -OCH3 is 2. The second-order valence-electron chi connectivity index (χ2n) is 9.78. The summed E-state index contributed by atoms with van der Waals surface area (Å²) in [6, 6.07) is 7.56. The van der Waals surface area contributed by atoms with Gasteiger partial charge in [0, 0.05) is 12.5 Å². The van der Waals surface area contributed by atoms with Gasteiger partial charge >= 0.3 is 0 Å². The molecule has 0 aromatic heterocycles. The highest BCUT2D eigenvalue weighted by atomic mass is 16.7. The van der Waals surface area contributed by atoms with Gasteiger partial charge in [0.2, 0.25) is 0 Å². The molecule has 0 radical (unpaired) electrons. The van der Waals surface area contributed by atoms with Crippen molar-refractivity contribution in [1.82, 2.24) is 0 Å². The van der Waals surface area contributed by atoms with E-state index in [-0.39, 0.29) is 23.7 Å². The van der Waals surface area contributed by atoms with Crippen LogP contribution < -0.4 is 9.47 Å². The van der Waals surface area contributed by atoms with Crippen LogP contribution in [-0.2, 0) is 9.47 Å². The summed E-state index contributed by atoms with van der Waals surface area (Å²) in [7, 11) is 3.29. The van der Waals surface area contributed by atoms with Crippen LogP contribution >= 0.6 is 0 Å². The summed E-state index contributed by atoms with van der Waals surface area (Å²) in [5.41, 5.74) is -0.104. The SMILES string of the molecule is COCO[C@H]1C=C(C2(O)CC3CCC2(/C=C/Oc2ccc(OC)cc2)C3(C)C)CCC1. The molecule has 1 aromatic carbocycles. The first-order valence-electron chi connectivity index (χ1n) is 11.4. The molecule has 0 aliphatic heterocycles. The average Bonchev–Trinajstić information content (AvgIpc) is 3.12. The van der Waals surface area contributed by atoms with Crippen LogP contribution in [0.25, 0.3) is 0 Å². The van der Waals surface area contributed by atoms with Crippen molar-refractivity contribution in [1.29, 1.82) is 0 Å². The highest BCUT2D eigenvalue weighted by molar-refractivity contribution is 5.38. The molecule has 170 valence electrons. The normalized spacial score (nSPS) is 34.2. The van der Waals surface area contributed by atoms with E-state index >= 15 is 0 Å². The van der Waals surface area contributed by atoms with Gasteiger partial charge in [-0.2, -0.15) is 0 Å². The average molecular weight is 429 g/mol. The number of rotatable bonds is 8. The third-order valence-corrected chi connectivity index (χ3v) is 8.21. The van der Waals surface area contributed by atoms with Crippen LogP contribution in [-0.4, -0.2) is 37.8 Å². The molecule has 5 heteroatoms. The van der Waals surface area contributed by atoms with Gasteiger partial charge in [-0.3, -0.25) is 0 Å². The van der Waals surface area contributed by atoms with Gasteiger partial charge in [-0.25, -0.2) is 0 Å². The van der Waals surface area contributed by atoms with Crippen molar-refractivity contribution in [3.63, 3.8) is 0 Å². The van der Waals surface area contributed by atoms with Gasteiger partial charge in [0.05, 0.1) is 25.1 Å². The van der Waals surface area contributed by atoms with Crippen molar-refractivity contribution in [3.8, 4) is 11.5 Å². The molecule has 3 unspecified atom stereocenters. The zero-order chi connectivity index (χ0) is 22.1. The summed E-state index contributed by atoms with van der Waals surface area (Å²) in [4.78, 5) is 0. The Hall–Kier alpha value is -1.82. The predicted octanol–water partition coefficient (Wildman–Crippen LogP) is 5.24. The molecule has 0 spiro atoms. The van der Waals surface area contributed by atoms with E-state index in [1.165, 1.54) is 0 Å². The molecule has 2 fully saturated rings. The maximum atomic E-state index is 12.2. The number of hydrogen-bond donors (Lipinski definition) is 1. The third-order valence-electron chi connectivity index (χ3n) is 8.21. The van der Waals surface area contributed by atoms with Crippen LogP contribution in [0.1, 0.15) is 52.4 Å². The lowest BCUT2D eigenvalue weighted by atomic mass is 9.59. The van der Waals surface area contributed by atoms with Gasteiger partial charge in [0.15, 0.2) is 0 Å². The fourth-order valence-corrected chi connectivity index (χ4v) is 6.34. The van der Waals surface area contributed by atoms with Crippen LogP contribution in [0, 0.1) is 16.7 Å². The molecule has 0 amide bonds. The summed E-state index contributed by atoms with van der Waals surface area (Å²) in [5.74, 6) is 2.05. The lowest BCUT2D eigenvalue weighted by Crippen LogP contribution is -2.50. The molecule has 1 N–H and O–H groups in total. The van der Waals surface area contributed by atoms with Crippen molar-refractivity contribution >= 4 is 0 Å². The summed E-state index contributed by atoms with van der Waals surface area (Å²) in [5, 5.41) is 12.2. The Morgan fingerprint density at radius 1 is 1.10 bits per heavy atom. The highest BCUT2D eigenvalue weighted by Gasteiger charge is 2.70. The highest BCUT2D eigenvalue weighted by Crippen LogP contribution is 2.72. The number of hydrogen-bond acceptors (Lipinski definition) is 5. The Balaban J connectivity index is 1.61. The first-order chi connectivity index (χ1) is 14.9. The fourth-order valence-electron chi connectivity index (χ4n) is 6.34. The minimum atomic E-state index is -0.867. The van der Waals surface area contributed by atoms with Gasteiger partial charge in [-0.1, -0.05) is 19.9 Å². The zero-order valence-corrected chi connectivity index (χ0v) is 19.2. The Morgan fingerprint density at radius 3 is 2.52 bits per heavy atom. The standard InChI is InChI=1S/C26H36O5/c1-24(2)20-12-13-25(24,14-15-30-22-10-8-21(29-4)9-11-22)26(27,17-20)19-6-5-7-23(16-19)31-18-28-3/h8-11,14-16,20,23,27H,5-7,12-13,17-18H2,1-4H3/b15-14+/t20?,23-,25?,26?/m1/s1. The van der Waals surface area contributed by atoms with E-state index in [2.05, 4.69) is 26.0 Å². The minimum Gasteiger partial charge on any atom is -0.497 e. The van der Waals surface area contributed by atoms with Crippen molar-refractivity contribution in [2.75, 3.05) is 21.0 Å². The number of benzene rings is 1. The van der Waals surface area contributed by atoms with E-state index in [4.69, 9.17) is 18.9 Å². The molecular weight excluding hydrogens is 392 g/mol. The molecule has 4 rings (SSSR count). The van der Waals surface area contributed by atoms with E-state index < -0.39 is 5.60 Å². The first-order valence-corrected chi connectivity index (χ1v) is 11.4. The van der Waals surface area contributed by atoms with Crippen molar-refractivity contribution in [2.24, 2.45) is 16.7 Å². The smallest absolute Gasteiger partial charge is 0.147 e. The number of fused-ring (bicyclic) bond motifs is 2. The number of ether oxygens (including phenoxy) is 4. The molecule has 0 heterocycles. The molecule has 2 saturated carbocycles. The van der Waals surface area contributed by atoms with E-state index in [1.54, 1.807) is 20.5 Å². The summed E-state index contributed by atoms with van der Waals surface area (Å²) in [6.45, 7) is 4.90. The quantitative estimate of drug-likeness (QED) is 0.348. The third kappa shape index (κ3) is 3.71. The Morgan fingerprint density at radius 2 is 1.84 bits per heavy atom. The first kappa shape index (κ1) is 22.4. The Bertz CT molecular complexity index is 827. The van der Waals surface area contributed by atoms with Crippen LogP contribution in [0.15, 0.2) is 48.3 Å². The maximum Gasteiger partial charge on any atom is 0.147 e. The second kappa shape index (κ2) is 8.61. The van der Waals surface area contributed by atoms with Crippen molar-refractivity contribution in [2.45, 2.75) is 64.1 Å². The van der Waals surface area contributed by atoms with Crippen molar-refractivity contribution < 1.29 is 24.1 Å². The molecule has 3 aliphatic carbocycles. The fraction of sp³-hybridized carbons (Fsp3) is 0.615. The van der Waals surface area contributed by atoms with Crippen LogP contribution in [0.2, 0.25) is 0 Å². The predicted molar refractivity (Wildman–Crippen MR) is 120 cm³/mol. The topological polar surface area (TPSA) is 57.2 Å². The minimum absolute atomic E-state index is 0.00606. The van der Waals surface area contributed by atoms with Gasteiger partial charge in [0.25, 0.3) is 0 Å². The van der Waals surface area contributed by atoms with Crippen LogP contribution in [0.4, 0.5) is 0 Å². The summed E-state index contributed by atoms with van der Waals surface area (Å²) in [6.07, 6.45) is 11.9.